The van der Waals surface area contributed by atoms with E-state index in [4.69, 9.17) is 0 Å². The Hall–Kier alpha value is -2.43. The lowest BCUT2D eigenvalue weighted by atomic mass is 10.2. The summed E-state index contributed by atoms with van der Waals surface area (Å²) in [5.41, 5.74) is 0.841. The molecule has 0 unspecified atom stereocenters. The normalized spacial score (nSPS) is 17.7. The van der Waals surface area contributed by atoms with Gasteiger partial charge in [0.15, 0.2) is 0 Å². The van der Waals surface area contributed by atoms with Crippen LogP contribution in [0.25, 0.3) is 0 Å². The van der Waals surface area contributed by atoms with Crippen molar-refractivity contribution in [2.24, 2.45) is 0 Å². The van der Waals surface area contributed by atoms with Gasteiger partial charge in [-0.3, -0.25) is 9.52 Å². The number of nitrogens with zero attached hydrogens (tertiary/aromatic N) is 2. The second kappa shape index (κ2) is 8.60. The van der Waals surface area contributed by atoms with Crippen LogP contribution in [0.3, 0.4) is 0 Å². The third-order valence-corrected chi connectivity index (χ3v) is 8.92. The van der Waals surface area contributed by atoms with Crippen LogP contribution in [-0.2, 0) is 20.0 Å². The molecule has 1 N–H and O–H groups in total. The predicted octanol–water partition coefficient (Wildman–Crippen LogP) is 2.51. The summed E-state index contributed by atoms with van der Waals surface area (Å²) in [5, 5.41) is 0. The third-order valence-electron chi connectivity index (χ3n) is 5.61. The van der Waals surface area contributed by atoms with Crippen molar-refractivity contribution in [2.45, 2.75) is 35.5 Å². The number of benzene rings is 2. The molecule has 0 radical (unpaired) electrons. The highest BCUT2D eigenvalue weighted by Crippen LogP contribution is 2.23. The summed E-state index contributed by atoms with van der Waals surface area (Å²) >= 11 is 0. The number of nitrogens with one attached hydrogen (secondary N) is 1. The van der Waals surface area contributed by atoms with E-state index in [1.54, 1.807) is 29.2 Å². The maximum absolute atomic E-state index is 12.7. The van der Waals surface area contributed by atoms with Crippen molar-refractivity contribution < 1.29 is 21.6 Å². The topological polar surface area (TPSA) is 104 Å². The first-order valence-electron chi connectivity index (χ1n) is 10.3. The van der Waals surface area contributed by atoms with Crippen LogP contribution in [0.2, 0.25) is 0 Å². The van der Waals surface area contributed by atoms with Crippen molar-refractivity contribution in [3.63, 3.8) is 0 Å². The molecule has 0 saturated carbocycles. The molecule has 166 valence electrons. The molecular weight excluding hydrogens is 438 g/mol. The van der Waals surface area contributed by atoms with Gasteiger partial charge in [0.2, 0.25) is 10.0 Å². The van der Waals surface area contributed by atoms with Crippen LogP contribution in [0, 0.1) is 0 Å². The molecule has 0 spiro atoms. The number of rotatable bonds is 6. The second-order valence-electron chi connectivity index (χ2n) is 7.76. The zero-order valence-corrected chi connectivity index (χ0v) is 18.7. The zero-order valence-electron chi connectivity index (χ0n) is 17.0. The number of anilines is 1. The average molecular weight is 464 g/mol. The number of carbonyl (C=O) groups excluding carboxylic acids is 1. The molecule has 2 heterocycles. The predicted molar refractivity (Wildman–Crippen MR) is 117 cm³/mol. The molecule has 0 bridgehead atoms. The Labute approximate surface area is 183 Å². The van der Waals surface area contributed by atoms with Crippen LogP contribution in [0.1, 0.15) is 36.0 Å². The first-order chi connectivity index (χ1) is 14.8. The summed E-state index contributed by atoms with van der Waals surface area (Å²) < 4.78 is 54.5. The number of hydrogen-bond donors (Lipinski definition) is 1. The fraction of sp³-hybridized carbons (Fsp3) is 0.381. The van der Waals surface area contributed by atoms with Gasteiger partial charge in [0, 0.05) is 37.4 Å². The molecule has 2 aromatic carbocycles. The van der Waals surface area contributed by atoms with Gasteiger partial charge >= 0.3 is 0 Å². The van der Waals surface area contributed by atoms with Gasteiger partial charge in [-0.25, -0.2) is 16.8 Å². The smallest absolute Gasteiger partial charge is 0.261 e. The van der Waals surface area contributed by atoms with Crippen LogP contribution < -0.4 is 4.72 Å². The Bertz CT molecular complexity index is 1150. The summed E-state index contributed by atoms with van der Waals surface area (Å²) in [6.45, 7) is 2.47. The van der Waals surface area contributed by atoms with Crippen molar-refractivity contribution in [1.29, 1.82) is 0 Å². The fourth-order valence-corrected chi connectivity index (χ4v) is 6.44. The first kappa shape index (κ1) is 21.8. The number of sulfonamides is 2. The lowest BCUT2D eigenvalue weighted by molar-refractivity contribution is 0.0793. The summed E-state index contributed by atoms with van der Waals surface area (Å²) in [7, 11) is -7.49. The fourth-order valence-electron chi connectivity index (χ4n) is 3.87. The monoisotopic (exact) mass is 463 g/mol. The van der Waals surface area contributed by atoms with E-state index in [1.165, 1.54) is 28.6 Å². The van der Waals surface area contributed by atoms with E-state index in [0.29, 0.717) is 24.3 Å². The molecule has 8 nitrogen and oxygen atoms in total. The summed E-state index contributed by atoms with van der Waals surface area (Å²) in [4.78, 5) is 14.2. The number of amides is 1. The minimum Gasteiger partial charge on any atom is -0.339 e. The molecule has 2 saturated heterocycles. The molecule has 2 aliphatic heterocycles. The number of hydrogen-bond acceptors (Lipinski definition) is 5. The van der Waals surface area contributed by atoms with Crippen LogP contribution in [0.4, 0.5) is 5.69 Å². The maximum Gasteiger partial charge on any atom is 0.261 e. The van der Waals surface area contributed by atoms with Crippen LogP contribution in [0.15, 0.2) is 58.3 Å². The van der Waals surface area contributed by atoms with Crippen molar-refractivity contribution in [3.8, 4) is 0 Å². The van der Waals surface area contributed by atoms with Crippen LogP contribution in [0.5, 0.6) is 0 Å². The molecule has 0 aliphatic carbocycles. The lowest BCUT2D eigenvalue weighted by Gasteiger charge is -2.16. The van der Waals surface area contributed by atoms with Gasteiger partial charge in [-0.15, -0.1) is 0 Å². The highest BCUT2D eigenvalue weighted by atomic mass is 32.2. The Morgan fingerprint density at radius 1 is 0.710 bits per heavy atom. The van der Waals surface area contributed by atoms with E-state index in [1.807, 2.05) is 0 Å². The van der Waals surface area contributed by atoms with Gasteiger partial charge in [0.25, 0.3) is 15.9 Å². The highest BCUT2D eigenvalue weighted by Gasteiger charge is 2.27. The number of likely N-dealkylation sites (tertiary alicyclic amines) is 1. The molecule has 1 amide bonds. The zero-order chi connectivity index (χ0) is 22.1. The molecule has 31 heavy (non-hydrogen) atoms. The molecule has 0 aromatic heterocycles. The first-order valence-corrected chi connectivity index (χ1v) is 13.2. The van der Waals surface area contributed by atoms with E-state index in [9.17, 15) is 21.6 Å². The Balaban J connectivity index is 1.46. The van der Waals surface area contributed by atoms with E-state index in [0.717, 1.165) is 38.8 Å². The van der Waals surface area contributed by atoms with Crippen molar-refractivity contribution in [2.75, 3.05) is 30.9 Å². The van der Waals surface area contributed by atoms with Gasteiger partial charge in [0.1, 0.15) is 0 Å². The molecule has 10 heteroatoms. The Morgan fingerprint density at radius 3 is 1.81 bits per heavy atom. The minimum absolute atomic E-state index is 0.0370. The summed E-state index contributed by atoms with van der Waals surface area (Å²) in [5.74, 6) is -0.0540. The molecule has 2 fully saturated rings. The van der Waals surface area contributed by atoms with Gasteiger partial charge in [0.05, 0.1) is 9.79 Å². The van der Waals surface area contributed by atoms with E-state index < -0.39 is 20.0 Å². The van der Waals surface area contributed by atoms with Gasteiger partial charge in [-0.2, -0.15) is 4.31 Å². The quantitative estimate of drug-likeness (QED) is 0.709. The molecule has 2 aromatic rings. The maximum atomic E-state index is 12.7. The Morgan fingerprint density at radius 2 is 1.23 bits per heavy atom. The van der Waals surface area contributed by atoms with Crippen molar-refractivity contribution in [3.05, 3.63) is 54.1 Å². The summed E-state index contributed by atoms with van der Waals surface area (Å²) in [6.07, 6.45) is 3.67. The average Bonchev–Trinajstić information content (AvgIpc) is 3.48. The van der Waals surface area contributed by atoms with Crippen molar-refractivity contribution in [1.82, 2.24) is 9.21 Å². The van der Waals surface area contributed by atoms with E-state index >= 15 is 0 Å². The van der Waals surface area contributed by atoms with Crippen molar-refractivity contribution >= 4 is 31.6 Å². The van der Waals surface area contributed by atoms with Crippen LogP contribution >= 0.6 is 0 Å². The minimum atomic E-state index is -3.90. The standard InChI is InChI=1S/C21H25N3O5S2/c25-21(23-13-1-2-14-23)17-5-7-18(8-6-17)22-30(26,27)19-9-11-20(12-10-19)31(28,29)24-15-3-4-16-24/h5-12,22H,1-4,13-16H2. The number of carbonyl (C=O) groups is 1. The van der Waals surface area contributed by atoms with Gasteiger partial charge in [-0.05, 0) is 74.2 Å². The van der Waals surface area contributed by atoms with Gasteiger partial charge in [-0.1, -0.05) is 0 Å². The SMILES string of the molecule is O=C(c1ccc(NS(=O)(=O)c2ccc(S(=O)(=O)N3CCCC3)cc2)cc1)N1CCCC1. The van der Waals surface area contributed by atoms with Crippen LogP contribution in [-0.4, -0.2) is 58.1 Å². The third kappa shape index (κ3) is 4.60. The van der Waals surface area contributed by atoms with E-state index in [2.05, 4.69) is 4.72 Å². The highest BCUT2D eigenvalue weighted by molar-refractivity contribution is 7.92. The molecule has 4 rings (SSSR count). The van der Waals surface area contributed by atoms with Gasteiger partial charge < -0.3 is 4.90 Å². The Kier molecular flexibility index (Phi) is 6.05. The molecule has 2 aliphatic rings. The lowest BCUT2D eigenvalue weighted by Crippen LogP contribution is -2.27. The second-order valence-corrected chi connectivity index (χ2v) is 11.4. The van der Waals surface area contributed by atoms with E-state index in [-0.39, 0.29) is 15.7 Å². The molecule has 0 atom stereocenters. The largest absolute Gasteiger partial charge is 0.339 e. The molecular formula is C21H25N3O5S2. The summed E-state index contributed by atoms with van der Waals surface area (Å²) in [6, 6.07) is 11.5.